The Bertz CT molecular complexity index is 671. The lowest BCUT2D eigenvalue weighted by atomic mass is 9.92. The van der Waals surface area contributed by atoms with Gasteiger partial charge in [-0.25, -0.2) is 4.79 Å². The minimum Gasteiger partial charge on any atom is -0.480 e. The molecular weight excluding hydrogens is 332 g/mol. The van der Waals surface area contributed by atoms with Gasteiger partial charge in [0.15, 0.2) is 0 Å². The highest BCUT2D eigenvalue weighted by Gasteiger charge is 2.37. The number of nitrogens with one attached hydrogen (secondary N) is 1. The molecule has 2 amide bonds. The topological polar surface area (TPSA) is 86.7 Å². The van der Waals surface area contributed by atoms with Gasteiger partial charge in [0.1, 0.15) is 5.54 Å². The van der Waals surface area contributed by atoms with E-state index < -0.39 is 11.5 Å². The second-order valence-electron chi connectivity index (χ2n) is 7.33. The molecule has 1 aliphatic heterocycles. The quantitative estimate of drug-likeness (QED) is 0.816. The Hall–Kier alpha value is -2.37. The van der Waals surface area contributed by atoms with Crippen LogP contribution in [0.4, 0.5) is 0 Å². The van der Waals surface area contributed by atoms with Gasteiger partial charge in [-0.05, 0) is 45.2 Å². The van der Waals surface area contributed by atoms with Crippen molar-refractivity contribution in [3.05, 3.63) is 35.4 Å². The number of carbonyl (C=O) groups is 3. The summed E-state index contributed by atoms with van der Waals surface area (Å²) in [7, 11) is 0. The summed E-state index contributed by atoms with van der Waals surface area (Å²) in [4.78, 5) is 38.5. The molecule has 0 spiro atoms. The van der Waals surface area contributed by atoms with Crippen LogP contribution in [0.5, 0.6) is 0 Å². The molecule has 0 radical (unpaired) electrons. The lowest BCUT2D eigenvalue weighted by Crippen LogP contribution is -2.55. The first-order valence-corrected chi connectivity index (χ1v) is 9.18. The van der Waals surface area contributed by atoms with Gasteiger partial charge in [-0.2, -0.15) is 0 Å². The van der Waals surface area contributed by atoms with Gasteiger partial charge in [-0.15, -0.1) is 0 Å². The van der Waals surface area contributed by atoms with Gasteiger partial charge in [0, 0.05) is 18.7 Å². The number of amides is 2. The molecule has 0 aliphatic carbocycles. The second kappa shape index (κ2) is 8.34. The summed E-state index contributed by atoms with van der Waals surface area (Å²) in [6.07, 6.45) is 2.41. The lowest BCUT2D eigenvalue weighted by Gasteiger charge is -2.34. The van der Waals surface area contributed by atoms with Crippen LogP contribution in [0.1, 0.15) is 55.5 Å². The summed E-state index contributed by atoms with van der Waals surface area (Å²) in [5, 5.41) is 12.1. The van der Waals surface area contributed by atoms with Crippen molar-refractivity contribution < 1.29 is 19.5 Å². The minimum absolute atomic E-state index is 0.0861. The molecule has 2 N–H and O–H groups in total. The van der Waals surface area contributed by atoms with E-state index >= 15 is 0 Å². The zero-order valence-electron chi connectivity index (χ0n) is 15.7. The maximum atomic E-state index is 12.7. The highest BCUT2D eigenvalue weighted by Crippen LogP contribution is 2.21. The standard InChI is InChI=1S/C20H28N2O4/c1-4-11-20(3,19(25)26)21-17(23)16-6-5-12-22(13-16)18(24)15-9-7-14(2)8-10-15/h7-10,16H,4-6,11-13H2,1-3H3,(H,21,23)(H,25,26). The van der Waals surface area contributed by atoms with Crippen LogP contribution in [-0.4, -0.2) is 46.4 Å². The monoisotopic (exact) mass is 360 g/mol. The molecule has 1 heterocycles. The van der Waals surface area contributed by atoms with Gasteiger partial charge >= 0.3 is 5.97 Å². The van der Waals surface area contributed by atoms with Crippen LogP contribution in [0.25, 0.3) is 0 Å². The first-order valence-electron chi connectivity index (χ1n) is 9.18. The number of aliphatic carboxylic acids is 1. The fraction of sp³-hybridized carbons (Fsp3) is 0.550. The first kappa shape index (κ1) is 19.9. The Morgan fingerprint density at radius 2 is 1.92 bits per heavy atom. The van der Waals surface area contributed by atoms with E-state index in [0.717, 1.165) is 12.0 Å². The number of hydrogen-bond acceptors (Lipinski definition) is 3. The Morgan fingerprint density at radius 3 is 2.50 bits per heavy atom. The van der Waals surface area contributed by atoms with Gasteiger partial charge in [-0.1, -0.05) is 31.0 Å². The van der Waals surface area contributed by atoms with Crippen molar-refractivity contribution in [3.8, 4) is 0 Å². The van der Waals surface area contributed by atoms with E-state index in [-0.39, 0.29) is 17.7 Å². The van der Waals surface area contributed by atoms with E-state index in [1.165, 1.54) is 6.92 Å². The van der Waals surface area contributed by atoms with Gasteiger partial charge in [-0.3, -0.25) is 9.59 Å². The van der Waals surface area contributed by atoms with Crippen LogP contribution in [0.15, 0.2) is 24.3 Å². The van der Waals surface area contributed by atoms with Crippen molar-refractivity contribution in [1.29, 1.82) is 0 Å². The smallest absolute Gasteiger partial charge is 0.329 e. The Labute approximate surface area is 154 Å². The molecule has 2 unspecified atom stereocenters. The highest BCUT2D eigenvalue weighted by atomic mass is 16.4. The van der Waals surface area contributed by atoms with E-state index in [1.807, 2.05) is 26.0 Å². The number of likely N-dealkylation sites (tertiary alicyclic amines) is 1. The fourth-order valence-corrected chi connectivity index (χ4v) is 3.35. The van der Waals surface area contributed by atoms with Crippen molar-refractivity contribution in [2.24, 2.45) is 5.92 Å². The number of aryl methyl sites for hydroxylation is 1. The fourth-order valence-electron chi connectivity index (χ4n) is 3.35. The summed E-state index contributed by atoms with van der Waals surface area (Å²) >= 11 is 0. The molecule has 6 nitrogen and oxygen atoms in total. The molecule has 1 fully saturated rings. The first-order chi connectivity index (χ1) is 12.3. The molecule has 1 aromatic rings. The number of carbonyl (C=O) groups excluding carboxylic acids is 2. The summed E-state index contributed by atoms with van der Waals surface area (Å²) < 4.78 is 0. The molecule has 0 saturated carbocycles. The molecule has 6 heteroatoms. The van der Waals surface area contributed by atoms with Crippen LogP contribution in [0.3, 0.4) is 0 Å². The van der Waals surface area contributed by atoms with E-state index in [0.29, 0.717) is 37.9 Å². The molecule has 1 saturated heterocycles. The van der Waals surface area contributed by atoms with Crippen LogP contribution in [0, 0.1) is 12.8 Å². The van der Waals surface area contributed by atoms with Crippen molar-refractivity contribution in [2.75, 3.05) is 13.1 Å². The van der Waals surface area contributed by atoms with Crippen LogP contribution in [-0.2, 0) is 9.59 Å². The zero-order chi connectivity index (χ0) is 19.3. The number of rotatable bonds is 6. The predicted molar refractivity (Wildman–Crippen MR) is 98.9 cm³/mol. The number of carboxylic acids is 1. The Kier molecular flexibility index (Phi) is 6.40. The summed E-state index contributed by atoms with van der Waals surface area (Å²) in [5.41, 5.74) is 0.425. The van der Waals surface area contributed by atoms with Crippen molar-refractivity contribution in [2.45, 2.75) is 52.0 Å². The lowest BCUT2D eigenvalue weighted by molar-refractivity contribution is -0.148. The summed E-state index contributed by atoms with van der Waals surface area (Å²) in [6.45, 7) is 6.32. The van der Waals surface area contributed by atoms with Gasteiger partial charge in [0.05, 0.1) is 5.92 Å². The molecule has 26 heavy (non-hydrogen) atoms. The van der Waals surface area contributed by atoms with Crippen molar-refractivity contribution in [1.82, 2.24) is 10.2 Å². The molecule has 1 aliphatic rings. The summed E-state index contributed by atoms with van der Waals surface area (Å²) in [6, 6.07) is 7.38. The number of benzene rings is 1. The van der Waals surface area contributed by atoms with Crippen LogP contribution >= 0.6 is 0 Å². The van der Waals surface area contributed by atoms with Gasteiger partial charge in [0.2, 0.25) is 5.91 Å². The molecule has 0 bridgehead atoms. The molecule has 1 aromatic carbocycles. The van der Waals surface area contributed by atoms with Gasteiger partial charge < -0.3 is 15.3 Å². The third-order valence-electron chi connectivity index (χ3n) is 5.00. The maximum absolute atomic E-state index is 12.7. The zero-order valence-corrected chi connectivity index (χ0v) is 15.7. The molecule has 142 valence electrons. The third-order valence-corrected chi connectivity index (χ3v) is 5.00. The average Bonchev–Trinajstić information content (AvgIpc) is 2.62. The van der Waals surface area contributed by atoms with E-state index in [2.05, 4.69) is 5.32 Å². The Balaban J connectivity index is 2.05. The Morgan fingerprint density at radius 1 is 1.27 bits per heavy atom. The van der Waals surface area contributed by atoms with E-state index in [9.17, 15) is 19.5 Å². The van der Waals surface area contributed by atoms with Crippen LogP contribution < -0.4 is 5.32 Å². The minimum atomic E-state index is -1.27. The van der Waals surface area contributed by atoms with Crippen LogP contribution in [0.2, 0.25) is 0 Å². The number of carboxylic acid groups (broad SMARTS) is 1. The van der Waals surface area contributed by atoms with E-state index in [4.69, 9.17) is 0 Å². The second-order valence-corrected chi connectivity index (χ2v) is 7.33. The van der Waals surface area contributed by atoms with Crippen molar-refractivity contribution in [3.63, 3.8) is 0 Å². The third kappa shape index (κ3) is 4.62. The molecular formula is C20H28N2O4. The maximum Gasteiger partial charge on any atom is 0.329 e. The molecule has 2 atom stereocenters. The number of nitrogens with zero attached hydrogens (tertiary/aromatic N) is 1. The van der Waals surface area contributed by atoms with E-state index in [1.54, 1.807) is 17.0 Å². The molecule has 0 aromatic heterocycles. The van der Waals surface area contributed by atoms with Crippen molar-refractivity contribution >= 4 is 17.8 Å². The molecule has 2 rings (SSSR count). The van der Waals surface area contributed by atoms with Gasteiger partial charge in [0.25, 0.3) is 5.91 Å². The predicted octanol–water partition coefficient (Wildman–Crippen LogP) is 2.61. The SMILES string of the molecule is CCCC(C)(NC(=O)C1CCCN(C(=O)c2ccc(C)cc2)C1)C(=O)O. The number of piperidine rings is 1. The number of hydrogen-bond donors (Lipinski definition) is 2. The average molecular weight is 360 g/mol. The highest BCUT2D eigenvalue weighted by molar-refractivity contribution is 5.95. The largest absolute Gasteiger partial charge is 0.480 e. The normalized spacial score (nSPS) is 19.5. The summed E-state index contributed by atoms with van der Waals surface area (Å²) in [5.74, 6) is -1.79.